The molecule has 6 heterocycles. The molecule has 0 spiro atoms. The molecular formula is C86H113N17O20. The number of fused-ring (bicyclic) bond motifs is 2. The molecule has 3 aromatic carbocycles. The van der Waals surface area contributed by atoms with Gasteiger partial charge in [-0.25, -0.2) is 19.3 Å². The number of imide groups is 2. The van der Waals surface area contributed by atoms with Crippen molar-refractivity contribution in [2.75, 3.05) is 147 Å². The number of nitrogens with one attached hydrogen (secondary N) is 6. The molecule has 5 aromatic rings. The molecule has 123 heavy (non-hydrogen) atoms. The van der Waals surface area contributed by atoms with Gasteiger partial charge in [0.15, 0.2) is 5.82 Å². The van der Waals surface area contributed by atoms with Gasteiger partial charge in [0.25, 0.3) is 17.7 Å². The summed E-state index contributed by atoms with van der Waals surface area (Å²) in [7, 11) is 3.36. The van der Waals surface area contributed by atoms with Crippen LogP contribution in [0, 0.1) is 17.8 Å². The van der Waals surface area contributed by atoms with Crippen molar-refractivity contribution in [1.82, 2.24) is 60.9 Å². The van der Waals surface area contributed by atoms with E-state index in [0.29, 0.717) is 148 Å². The molecule has 1 saturated heterocycles. The minimum atomic E-state index is -1.12. The summed E-state index contributed by atoms with van der Waals surface area (Å²) < 4.78 is 53.1. The van der Waals surface area contributed by atoms with Gasteiger partial charge in [-0.05, 0) is 118 Å². The van der Waals surface area contributed by atoms with Gasteiger partial charge in [-0.2, -0.15) is 4.98 Å². The largest absolute Gasteiger partial charge is 0.495 e. The van der Waals surface area contributed by atoms with Gasteiger partial charge in [0, 0.05) is 92.6 Å². The average Bonchev–Trinajstić information content (AvgIpc) is 1.76. The number of amides is 12. The number of methoxy groups -OCH3 is 1. The van der Waals surface area contributed by atoms with Gasteiger partial charge in [-0.15, -0.1) is 5.10 Å². The minimum absolute atomic E-state index is 0.0374. The van der Waals surface area contributed by atoms with Crippen LogP contribution in [0.4, 0.5) is 38.4 Å². The van der Waals surface area contributed by atoms with E-state index in [-0.39, 0.29) is 158 Å². The smallest absolute Gasteiger partial charge is 0.410 e. The first kappa shape index (κ1) is 92.2. The van der Waals surface area contributed by atoms with E-state index >= 15 is 0 Å². The Hall–Kier alpha value is -11.5. The maximum absolute atomic E-state index is 14.5. The molecule has 2 saturated carbocycles. The van der Waals surface area contributed by atoms with Crippen LogP contribution in [-0.4, -0.2) is 267 Å². The van der Waals surface area contributed by atoms with E-state index in [1.165, 1.54) is 17.1 Å². The number of carbonyl (C=O) groups excluding carboxylic acids is 11. The number of aromatic nitrogens is 5. The van der Waals surface area contributed by atoms with Gasteiger partial charge in [0.05, 0.1) is 130 Å². The van der Waals surface area contributed by atoms with Gasteiger partial charge >= 0.3 is 12.1 Å². The van der Waals surface area contributed by atoms with E-state index < -0.39 is 59.8 Å². The number of piperidine rings is 1. The number of nitrogens with two attached hydrogens (primary N) is 1. The van der Waals surface area contributed by atoms with Gasteiger partial charge in [-0.3, -0.25) is 53.4 Å². The average molecular weight is 1700 g/mol. The first-order valence-electron chi connectivity index (χ1n) is 42.3. The lowest BCUT2D eigenvalue weighted by atomic mass is 9.90. The van der Waals surface area contributed by atoms with Crippen LogP contribution < -0.4 is 52.2 Å². The second-order valence-corrected chi connectivity index (χ2v) is 30.9. The van der Waals surface area contributed by atoms with Crippen LogP contribution in [0.5, 0.6) is 5.75 Å². The number of anilines is 5. The van der Waals surface area contributed by atoms with Crippen LogP contribution in [0.1, 0.15) is 150 Å². The number of carbonyl (C=O) groups is 11. The van der Waals surface area contributed by atoms with Crippen LogP contribution in [0.3, 0.4) is 0 Å². The van der Waals surface area contributed by atoms with E-state index in [2.05, 4.69) is 63.9 Å². The third-order valence-electron chi connectivity index (χ3n) is 22.2. The second-order valence-electron chi connectivity index (χ2n) is 30.9. The number of hydrogen-bond donors (Lipinski definition) is 7. The van der Waals surface area contributed by atoms with E-state index in [0.717, 1.165) is 42.0 Å². The van der Waals surface area contributed by atoms with E-state index in [9.17, 15) is 52.7 Å². The molecular weight excluding hydrogens is 1590 g/mol. The predicted octanol–water partition coefficient (Wildman–Crippen LogP) is 5.76. The zero-order valence-electron chi connectivity index (χ0n) is 70.5. The van der Waals surface area contributed by atoms with Crippen molar-refractivity contribution < 1.29 is 95.4 Å². The molecule has 2 unspecified atom stereocenters. The molecule has 3 fully saturated rings. The first-order chi connectivity index (χ1) is 59.7. The number of primary amides is 1. The standard InChI is InChI=1S/C86H113N17O20/c1-6-69-83(112)98(4)71-52-89-85(95-78(71)103(69)63-15-7-8-16-63)92-66-28-21-59(51-72(66)115-5)68-54-102(97-96-68)62-26-24-61(25-27-62)99(35-39-116-37-10-9-13-58-14-11-17-64-65(58)53-101(82(64)111)70-29-30-73(104)94-80(70)109)86(114)123-55-57-19-22-60(23-20-57)90-79(108)67(18-12-34-88-84(87)113)91-81(110)77(56(2)3)93-74(105)33-38-117-41-43-119-45-47-121-49-50-122-48-46-120-44-42-118-40-36-100-75(106)31-32-76(100)107/h11,14,17,19-23,28,31-32,51-52,54,56,61-63,67,69-70,77H,6-8,10,12,15-16,18,24-27,29-30,33-50,53,55H2,1-5H3,(H,90,108)(H,91,110)(H,93,105)(H3,87,88,113)(H,89,92,95)(H,94,104,109)/t61?,62?,67-,69+,70?,77?/m0/s1. The number of benzene rings is 3. The lowest BCUT2D eigenvalue weighted by Gasteiger charge is -2.43. The summed E-state index contributed by atoms with van der Waals surface area (Å²) in [6.07, 6.45) is 13.9. The van der Waals surface area contributed by atoms with E-state index in [4.69, 9.17) is 53.3 Å². The highest BCUT2D eigenvalue weighted by Crippen LogP contribution is 2.42. The Balaban J connectivity index is 0.643. The van der Waals surface area contributed by atoms with Crippen molar-refractivity contribution >= 4 is 94.1 Å². The summed E-state index contributed by atoms with van der Waals surface area (Å²) in [4.78, 5) is 160. The lowest BCUT2D eigenvalue weighted by Crippen LogP contribution is -2.55. The molecule has 662 valence electrons. The van der Waals surface area contributed by atoms with Gasteiger partial charge in [0.2, 0.25) is 41.4 Å². The first-order valence-corrected chi connectivity index (χ1v) is 42.3. The Labute approximate surface area is 714 Å². The predicted molar refractivity (Wildman–Crippen MR) is 449 cm³/mol. The fourth-order valence-electron chi connectivity index (χ4n) is 15.6. The maximum Gasteiger partial charge on any atom is 0.410 e. The van der Waals surface area contributed by atoms with Crippen molar-refractivity contribution in [2.45, 2.75) is 173 Å². The summed E-state index contributed by atoms with van der Waals surface area (Å²) in [6, 6.07) is 13.6. The third kappa shape index (κ3) is 26.0. The highest BCUT2D eigenvalue weighted by Gasteiger charge is 2.43. The Kier molecular flexibility index (Phi) is 35.0. The number of hydrogen-bond acceptors (Lipinski definition) is 26. The lowest BCUT2D eigenvalue weighted by molar-refractivity contribution is -0.138. The van der Waals surface area contributed by atoms with Crippen molar-refractivity contribution in [1.29, 1.82) is 0 Å². The van der Waals surface area contributed by atoms with E-state index in [1.54, 1.807) is 80.4 Å². The topological polar surface area (TPSA) is 442 Å². The van der Waals surface area contributed by atoms with Crippen LogP contribution in [0.15, 0.2) is 85.2 Å². The Morgan fingerprint density at radius 2 is 1.42 bits per heavy atom. The Morgan fingerprint density at radius 3 is 2.08 bits per heavy atom. The molecule has 4 aliphatic heterocycles. The molecule has 8 N–H and O–H groups in total. The quantitative estimate of drug-likeness (QED) is 0.0138. The van der Waals surface area contributed by atoms with Gasteiger partial charge in [0.1, 0.15) is 47.9 Å². The number of ether oxygens (including phenoxy) is 9. The zero-order chi connectivity index (χ0) is 87.2. The number of rotatable bonds is 47. The zero-order valence-corrected chi connectivity index (χ0v) is 70.5. The van der Waals surface area contributed by atoms with Crippen molar-refractivity contribution in [2.24, 2.45) is 11.7 Å². The van der Waals surface area contributed by atoms with Crippen molar-refractivity contribution in [3.63, 3.8) is 0 Å². The molecule has 2 aliphatic carbocycles. The summed E-state index contributed by atoms with van der Waals surface area (Å²) in [5.41, 5.74) is 10.8. The van der Waals surface area contributed by atoms with Crippen LogP contribution >= 0.6 is 0 Å². The Morgan fingerprint density at radius 1 is 0.748 bits per heavy atom. The maximum atomic E-state index is 14.5. The number of urea groups is 1. The molecule has 2 aromatic heterocycles. The molecule has 4 atom stereocenters. The van der Waals surface area contributed by atoms with Crippen molar-refractivity contribution in [3.05, 3.63) is 107 Å². The Bertz CT molecular complexity index is 4560. The third-order valence-corrected chi connectivity index (χ3v) is 22.2. The van der Waals surface area contributed by atoms with E-state index in [1.807, 2.05) is 42.1 Å². The molecule has 0 radical (unpaired) electrons. The number of likely N-dealkylation sites (N-methyl/N-ethyl adjacent to an activating group) is 1. The monoisotopic (exact) mass is 1700 g/mol. The highest BCUT2D eigenvalue weighted by molar-refractivity contribution is 6.13. The summed E-state index contributed by atoms with van der Waals surface area (Å²) in [5, 5.41) is 25.8. The van der Waals surface area contributed by atoms with Crippen LogP contribution in [0.2, 0.25) is 0 Å². The molecule has 37 heteroatoms. The molecule has 11 rings (SSSR count). The normalized spacial score (nSPS) is 18.1. The summed E-state index contributed by atoms with van der Waals surface area (Å²) in [5.74, 6) is 4.15. The number of nitrogens with zero attached hydrogens (tertiary/aromatic N) is 10. The molecule has 0 bridgehead atoms. The minimum Gasteiger partial charge on any atom is -0.495 e. The van der Waals surface area contributed by atoms with Crippen molar-refractivity contribution in [3.8, 4) is 28.8 Å². The van der Waals surface area contributed by atoms with Crippen LogP contribution in [0.25, 0.3) is 11.3 Å². The molecule has 37 nitrogen and oxygen atoms in total. The fraction of sp³-hybridized carbons (Fsp3) is 0.547. The second kappa shape index (κ2) is 46.6. The SMILES string of the molecule is CC[C@@H]1C(=O)N(C)c2cnc(Nc3ccc(-c4cn(C5CCC(N(CCOCCC#Cc6cccc7c6CN(C6CCC(=O)NC6=O)C7=O)C(=O)OCc6ccc(NC(=O)[C@H](CCCNC(N)=O)NC(=O)C(NC(=O)CCOCCOCCOCCOCCOCCOCCN7C(=O)C=CC7=O)C(C)C)cc6)CC5)nn4)cc3OC)nc2N1C1CCCC1. The summed E-state index contributed by atoms with van der Waals surface area (Å²) in [6.45, 7) is 9.94. The summed E-state index contributed by atoms with van der Waals surface area (Å²) >= 11 is 0. The van der Waals surface area contributed by atoms with Gasteiger partial charge < -0.3 is 94.5 Å². The van der Waals surface area contributed by atoms with Gasteiger partial charge in [-0.1, -0.05) is 74.9 Å². The molecule has 6 aliphatic rings. The highest BCUT2D eigenvalue weighted by atomic mass is 16.6. The van der Waals surface area contributed by atoms with Crippen LogP contribution in [-0.2, 0) is 89.4 Å². The molecule has 12 amide bonds. The fourth-order valence-corrected chi connectivity index (χ4v) is 15.6.